The van der Waals surface area contributed by atoms with E-state index in [1.54, 1.807) is 119 Å². The van der Waals surface area contributed by atoms with E-state index in [9.17, 15) is 38.4 Å². The average molecular weight is 882 g/mol. The summed E-state index contributed by atoms with van der Waals surface area (Å²) in [5.74, 6) is -6.42. The van der Waals surface area contributed by atoms with Gasteiger partial charge in [-0.05, 0) is 104 Å². The van der Waals surface area contributed by atoms with Gasteiger partial charge in [0.05, 0.1) is 12.8 Å². The molecule has 0 aliphatic heterocycles. The van der Waals surface area contributed by atoms with E-state index in [1.807, 2.05) is 19.1 Å². The van der Waals surface area contributed by atoms with Gasteiger partial charge < -0.3 is 45.5 Å². The number of alkyl carbamates (subject to hydrolysis) is 1. The number of benzene rings is 2. The van der Waals surface area contributed by atoms with Crippen LogP contribution in [-0.4, -0.2) is 88.6 Å². The lowest BCUT2D eigenvalue weighted by atomic mass is 10.0. The molecule has 0 saturated heterocycles. The number of esters is 3. The number of carbonyl (C=O) groups is 8. The molecule has 2 rings (SSSR count). The minimum absolute atomic E-state index is 0.153. The van der Waals surface area contributed by atoms with Crippen LogP contribution in [0.2, 0.25) is 0 Å². The first kappa shape index (κ1) is 53.1. The molecule has 4 unspecified atom stereocenters. The fourth-order valence-corrected chi connectivity index (χ4v) is 5.72. The Labute approximate surface area is 370 Å². The van der Waals surface area contributed by atoms with E-state index in [-0.39, 0.29) is 19.4 Å². The van der Waals surface area contributed by atoms with Crippen molar-refractivity contribution in [3.05, 3.63) is 65.7 Å². The molecule has 2 aromatic rings. The number of nitrogens with one attached hydrogen (secondary N) is 5. The highest BCUT2D eigenvalue weighted by Crippen LogP contribution is 2.16. The van der Waals surface area contributed by atoms with Crippen molar-refractivity contribution in [1.29, 1.82) is 0 Å². The Morgan fingerprint density at radius 2 is 1.02 bits per heavy atom. The van der Waals surface area contributed by atoms with Gasteiger partial charge >= 0.3 is 24.0 Å². The minimum atomic E-state index is -1.62. The van der Waals surface area contributed by atoms with Gasteiger partial charge in [-0.15, -0.1) is 0 Å². The zero-order valence-corrected chi connectivity index (χ0v) is 38.7. The summed E-state index contributed by atoms with van der Waals surface area (Å²) in [5, 5.41) is 12.8. The molecule has 0 heterocycles. The monoisotopic (exact) mass is 881 g/mol. The van der Waals surface area contributed by atoms with Gasteiger partial charge in [0.1, 0.15) is 47.6 Å². The molecule has 4 atom stereocenters. The van der Waals surface area contributed by atoms with Crippen LogP contribution in [0.25, 0.3) is 0 Å². The SMILES string of the molecule is CCc1ccc(NC(=O)C(CC(=O)OC(C)(C)C)NC(=O)C(NC(=O)C(CCC(=O)OC(C)(C)C)NC(=O)C(CC(=O)OC(C)(C)C)NC(=O)OCc2ccccc2)C(C)C)cc1. The van der Waals surface area contributed by atoms with Crippen LogP contribution in [0.4, 0.5) is 10.5 Å². The van der Waals surface area contributed by atoms with E-state index >= 15 is 0 Å². The highest BCUT2D eigenvalue weighted by Gasteiger charge is 2.36. The molecule has 0 aromatic heterocycles. The van der Waals surface area contributed by atoms with Gasteiger partial charge in [0, 0.05) is 12.1 Å². The van der Waals surface area contributed by atoms with Crippen LogP contribution >= 0.6 is 0 Å². The summed E-state index contributed by atoms with van der Waals surface area (Å²) in [4.78, 5) is 107. The maximum atomic E-state index is 14.1. The van der Waals surface area contributed by atoms with Gasteiger partial charge in [-0.3, -0.25) is 33.6 Å². The Morgan fingerprint density at radius 3 is 1.51 bits per heavy atom. The normalized spacial score (nSPS) is 13.5. The summed E-state index contributed by atoms with van der Waals surface area (Å²) < 4.78 is 21.5. The largest absolute Gasteiger partial charge is 0.460 e. The van der Waals surface area contributed by atoms with Gasteiger partial charge in [0.2, 0.25) is 23.6 Å². The first-order chi connectivity index (χ1) is 29.1. The van der Waals surface area contributed by atoms with Gasteiger partial charge in [-0.2, -0.15) is 0 Å². The average Bonchev–Trinajstić information content (AvgIpc) is 3.15. The number of aryl methyl sites for hydroxylation is 1. The molecule has 0 fully saturated rings. The second-order valence-electron chi connectivity index (χ2n) is 18.4. The van der Waals surface area contributed by atoms with E-state index in [0.717, 1.165) is 12.0 Å². The second-order valence-corrected chi connectivity index (χ2v) is 18.4. The molecule has 2 aromatic carbocycles. The third-order valence-electron chi connectivity index (χ3n) is 8.60. The number of ether oxygens (including phenoxy) is 4. The molecular formula is C46H67N5O12. The van der Waals surface area contributed by atoms with Gasteiger partial charge in [0.25, 0.3) is 0 Å². The van der Waals surface area contributed by atoms with Crippen molar-refractivity contribution in [2.24, 2.45) is 5.92 Å². The van der Waals surface area contributed by atoms with E-state index < -0.39 is 107 Å². The molecule has 17 heteroatoms. The maximum absolute atomic E-state index is 14.1. The van der Waals surface area contributed by atoms with Gasteiger partial charge in [-0.25, -0.2) is 4.79 Å². The lowest BCUT2D eigenvalue weighted by Crippen LogP contribution is -2.59. The summed E-state index contributed by atoms with van der Waals surface area (Å²) in [6, 6.07) is 9.81. The van der Waals surface area contributed by atoms with Crippen molar-refractivity contribution in [1.82, 2.24) is 21.3 Å². The highest BCUT2D eigenvalue weighted by atomic mass is 16.6. The van der Waals surface area contributed by atoms with Crippen LogP contribution in [-0.2, 0) is 65.5 Å². The Bertz CT molecular complexity index is 1880. The number of hydrogen-bond acceptors (Lipinski definition) is 12. The fourth-order valence-electron chi connectivity index (χ4n) is 5.72. The van der Waals surface area contributed by atoms with Gasteiger partial charge in [0.15, 0.2) is 0 Å². The first-order valence-corrected chi connectivity index (χ1v) is 21.1. The van der Waals surface area contributed by atoms with Crippen LogP contribution in [0.1, 0.15) is 120 Å². The smallest absolute Gasteiger partial charge is 0.408 e. The number of hydrogen-bond donors (Lipinski definition) is 5. The third kappa shape index (κ3) is 21.6. The molecule has 17 nitrogen and oxygen atoms in total. The molecule has 5 N–H and O–H groups in total. The molecule has 5 amide bonds. The van der Waals surface area contributed by atoms with Crippen LogP contribution in [0.3, 0.4) is 0 Å². The van der Waals surface area contributed by atoms with Crippen molar-refractivity contribution >= 4 is 53.3 Å². The molecule has 0 spiro atoms. The summed E-state index contributed by atoms with van der Waals surface area (Å²) in [6.45, 7) is 19.9. The zero-order chi connectivity index (χ0) is 47.7. The number of amides is 5. The maximum Gasteiger partial charge on any atom is 0.408 e. The van der Waals surface area contributed by atoms with E-state index in [2.05, 4.69) is 26.6 Å². The third-order valence-corrected chi connectivity index (χ3v) is 8.60. The quantitative estimate of drug-likeness (QED) is 0.0856. The Hall–Kier alpha value is -6.00. The highest BCUT2D eigenvalue weighted by molar-refractivity contribution is 6.01. The van der Waals surface area contributed by atoms with Crippen LogP contribution in [0.5, 0.6) is 0 Å². The summed E-state index contributed by atoms with van der Waals surface area (Å²) in [6.07, 6.45) is -2.19. The number of anilines is 1. The molecule has 348 valence electrons. The lowest BCUT2D eigenvalue weighted by molar-refractivity contribution is -0.157. The van der Waals surface area contributed by atoms with Crippen LogP contribution in [0, 0.1) is 5.92 Å². The summed E-state index contributed by atoms with van der Waals surface area (Å²) in [5.41, 5.74) is -0.610. The molecule has 0 saturated carbocycles. The number of rotatable bonds is 20. The lowest BCUT2D eigenvalue weighted by Gasteiger charge is -2.28. The van der Waals surface area contributed by atoms with Crippen LogP contribution < -0.4 is 26.6 Å². The summed E-state index contributed by atoms with van der Waals surface area (Å²) in [7, 11) is 0. The molecule has 0 radical (unpaired) electrons. The second kappa shape index (κ2) is 24.0. The molecule has 0 aliphatic carbocycles. The fraction of sp³-hybridized carbons (Fsp3) is 0.565. The predicted molar refractivity (Wildman–Crippen MR) is 235 cm³/mol. The zero-order valence-electron chi connectivity index (χ0n) is 38.7. The molecular weight excluding hydrogens is 815 g/mol. The Kier molecular flexibility index (Phi) is 20.2. The van der Waals surface area contributed by atoms with Crippen molar-refractivity contribution in [3.8, 4) is 0 Å². The minimum Gasteiger partial charge on any atom is -0.460 e. The van der Waals surface area contributed by atoms with Crippen molar-refractivity contribution in [3.63, 3.8) is 0 Å². The Balaban J connectivity index is 2.43. The standard InChI is InChI=1S/C46H67N5O12/c1-13-29-19-21-31(22-20-29)47-40(56)33(25-36(53)62-45(7,8)9)49-42(58)38(28(2)3)51-39(55)32(23-24-35(52)61-44(4,5)6)48-41(57)34(26-37(54)63-46(10,11)12)50-43(59)60-27-30-17-15-14-16-18-30/h14-22,28,32-34,38H,13,23-27H2,1-12H3,(H,47,56)(H,48,57)(H,49,58)(H,50,59)(H,51,55). The van der Waals surface area contributed by atoms with Crippen molar-refractivity contribution in [2.75, 3.05) is 5.32 Å². The van der Waals surface area contributed by atoms with Crippen LogP contribution in [0.15, 0.2) is 54.6 Å². The summed E-state index contributed by atoms with van der Waals surface area (Å²) >= 11 is 0. The van der Waals surface area contributed by atoms with Crippen molar-refractivity contribution in [2.45, 2.75) is 163 Å². The topological polar surface area (TPSA) is 234 Å². The molecule has 0 bridgehead atoms. The van der Waals surface area contributed by atoms with Gasteiger partial charge in [-0.1, -0.05) is 63.2 Å². The predicted octanol–water partition coefficient (Wildman–Crippen LogP) is 5.18. The Morgan fingerprint density at radius 1 is 0.540 bits per heavy atom. The molecule has 0 aliphatic rings. The molecule has 63 heavy (non-hydrogen) atoms. The van der Waals surface area contributed by atoms with E-state index in [0.29, 0.717) is 11.3 Å². The van der Waals surface area contributed by atoms with E-state index in [1.165, 1.54) is 0 Å². The van der Waals surface area contributed by atoms with Crippen molar-refractivity contribution < 1.29 is 57.3 Å². The van der Waals surface area contributed by atoms with E-state index in [4.69, 9.17) is 18.9 Å². The first-order valence-electron chi connectivity index (χ1n) is 21.1. The number of carbonyl (C=O) groups excluding carboxylic acids is 8.